The third-order valence-corrected chi connectivity index (χ3v) is 7.21. The first-order chi connectivity index (χ1) is 16.0. The van der Waals surface area contributed by atoms with Gasteiger partial charge in [0.1, 0.15) is 11.5 Å². The first-order valence-corrected chi connectivity index (χ1v) is 12.0. The molecule has 33 heavy (non-hydrogen) atoms. The zero-order chi connectivity index (χ0) is 23.2. The zero-order valence-electron chi connectivity index (χ0n) is 18.9. The molecule has 0 radical (unpaired) electrons. The molecule has 1 aliphatic carbocycles. The van der Waals surface area contributed by atoms with Gasteiger partial charge in [0.2, 0.25) is 0 Å². The Morgan fingerprint density at radius 1 is 0.848 bits per heavy atom. The van der Waals surface area contributed by atoms with Crippen molar-refractivity contribution in [2.24, 2.45) is 23.7 Å². The fraction of sp³-hybridized carbons (Fsp3) is 0.481. The quantitative estimate of drug-likeness (QED) is 0.482. The maximum absolute atomic E-state index is 11.9. The van der Waals surface area contributed by atoms with Gasteiger partial charge in [-0.15, -0.1) is 0 Å². The van der Waals surface area contributed by atoms with Gasteiger partial charge in [-0.3, -0.25) is 9.59 Å². The average Bonchev–Trinajstić information content (AvgIpc) is 3.50. The molecule has 0 spiro atoms. The average molecular weight is 452 g/mol. The van der Waals surface area contributed by atoms with Gasteiger partial charge in [0.25, 0.3) is 0 Å². The molecule has 3 N–H and O–H groups in total. The number of ether oxygens (including phenoxy) is 1. The van der Waals surface area contributed by atoms with E-state index in [4.69, 9.17) is 4.74 Å². The number of hydrogen-bond donors (Lipinski definition) is 3. The summed E-state index contributed by atoms with van der Waals surface area (Å²) in [5.41, 5.74) is 1.90. The molecule has 0 unspecified atom stereocenters. The highest BCUT2D eigenvalue weighted by molar-refractivity contribution is 5.71. The minimum atomic E-state index is -0.752. The number of hydrogen-bond acceptors (Lipinski definition) is 4. The number of nitrogens with one attached hydrogen (secondary N) is 1. The molecule has 1 saturated carbocycles. The Kier molecular flexibility index (Phi) is 7.65. The summed E-state index contributed by atoms with van der Waals surface area (Å²) in [5.74, 6) is -0.527. The van der Waals surface area contributed by atoms with Crippen molar-refractivity contribution in [1.29, 1.82) is 0 Å². The summed E-state index contributed by atoms with van der Waals surface area (Å²) in [6.45, 7) is 1.62. The van der Waals surface area contributed by atoms with E-state index in [-0.39, 0.29) is 17.8 Å². The SMILES string of the molecule is O=C(O)[C@@H](Cc1cccc(Oc2cccc(C[C@H](C(=O)O)[C@H]3CCNC3)c2)c1)C1CCCC1. The van der Waals surface area contributed by atoms with Crippen LogP contribution >= 0.6 is 0 Å². The molecule has 176 valence electrons. The van der Waals surface area contributed by atoms with Crippen LogP contribution in [0.3, 0.4) is 0 Å². The van der Waals surface area contributed by atoms with E-state index in [9.17, 15) is 19.8 Å². The van der Waals surface area contributed by atoms with Gasteiger partial charge in [0, 0.05) is 0 Å². The molecular formula is C27H33NO5. The van der Waals surface area contributed by atoms with Crippen molar-refractivity contribution in [2.75, 3.05) is 13.1 Å². The molecule has 1 heterocycles. The summed E-state index contributed by atoms with van der Waals surface area (Å²) in [7, 11) is 0. The van der Waals surface area contributed by atoms with Crippen molar-refractivity contribution in [3.63, 3.8) is 0 Å². The van der Waals surface area contributed by atoms with E-state index in [1.165, 1.54) is 0 Å². The number of carbonyl (C=O) groups is 2. The minimum absolute atomic E-state index is 0.144. The number of benzene rings is 2. The van der Waals surface area contributed by atoms with E-state index in [1.54, 1.807) is 0 Å². The fourth-order valence-corrected chi connectivity index (χ4v) is 5.41. The second kappa shape index (κ2) is 10.8. The van der Waals surface area contributed by atoms with E-state index in [0.717, 1.165) is 56.3 Å². The maximum Gasteiger partial charge on any atom is 0.307 e. The normalized spacial score (nSPS) is 20.4. The lowest BCUT2D eigenvalue weighted by Crippen LogP contribution is -2.27. The molecule has 2 aromatic rings. The molecule has 4 rings (SSSR count). The molecule has 3 atom stereocenters. The van der Waals surface area contributed by atoms with Gasteiger partial charge in [0.05, 0.1) is 11.8 Å². The second-order valence-corrected chi connectivity index (χ2v) is 9.49. The third kappa shape index (κ3) is 6.14. The number of carboxylic acids is 2. The van der Waals surface area contributed by atoms with E-state index >= 15 is 0 Å². The number of aliphatic carboxylic acids is 2. The first-order valence-electron chi connectivity index (χ1n) is 12.0. The van der Waals surface area contributed by atoms with Gasteiger partial charge in [0.15, 0.2) is 0 Å². The van der Waals surface area contributed by atoms with Crippen LogP contribution in [0.5, 0.6) is 11.5 Å². The fourth-order valence-electron chi connectivity index (χ4n) is 5.41. The molecule has 6 nitrogen and oxygen atoms in total. The van der Waals surface area contributed by atoms with E-state index in [0.29, 0.717) is 24.3 Å². The smallest absolute Gasteiger partial charge is 0.307 e. The largest absolute Gasteiger partial charge is 0.481 e. The van der Waals surface area contributed by atoms with Crippen LogP contribution in [0.2, 0.25) is 0 Å². The molecule has 6 heteroatoms. The van der Waals surface area contributed by atoms with Crippen LogP contribution < -0.4 is 10.1 Å². The van der Waals surface area contributed by atoms with Gasteiger partial charge < -0.3 is 20.3 Å². The Hall–Kier alpha value is -2.86. The van der Waals surface area contributed by atoms with Crippen molar-refractivity contribution < 1.29 is 24.5 Å². The van der Waals surface area contributed by atoms with Crippen LogP contribution in [-0.4, -0.2) is 35.2 Å². The van der Waals surface area contributed by atoms with E-state index < -0.39 is 17.9 Å². The Labute approximate surface area is 195 Å². The Bertz CT molecular complexity index is 885. The highest BCUT2D eigenvalue weighted by Gasteiger charge is 2.31. The van der Waals surface area contributed by atoms with Crippen molar-refractivity contribution in [2.45, 2.75) is 44.9 Å². The van der Waals surface area contributed by atoms with Crippen LogP contribution in [0.1, 0.15) is 43.2 Å². The van der Waals surface area contributed by atoms with Crippen molar-refractivity contribution in [3.8, 4) is 11.5 Å². The molecular weight excluding hydrogens is 418 g/mol. The van der Waals surface area contributed by atoms with Crippen molar-refractivity contribution >= 4 is 11.9 Å². The first kappa shape index (κ1) is 23.3. The highest BCUT2D eigenvalue weighted by atomic mass is 16.5. The highest BCUT2D eigenvalue weighted by Crippen LogP contribution is 2.34. The lowest BCUT2D eigenvalue weighted by Gasteiger charge is -2.20. The lowest BCUT2D eigenvalue weighted by molar-refractivity contribution is -0.144. The molecule has 1 aliphatic heterocycles. The summed E-state index contributed by atoms with van der Waals surface area (Å²) in [6.07, 6.45) is 6.09. The molecule has 2 aromatic carbocycles. The van der Waals surface area contributed by atoms with Gasteiger partial charge >= 0.3 is 11.9 Å². The standard InChI is InChI=1S/C27H33NO5/c29-26(30)24(20-7-1-2-8-20)15-18-5-3-9-22(13-18)33-23-10-4-6-19(14-23)16-25(27(31)32)21-11-12-28-17-21/h3-6,9-10,13-14,20-21,24-25,28H,1-2,7-8,11-12,15-17H2,(H,29,30)(H,31,32)/t21-,24-,25-/m0/s1. The van der Waals surface area contributed by atoms with Gasteiger partial charge in [-0.05, 0) is 92.4 Å². The van der Waals surface area contributed by atoms with Crippen LogP contribution in [0.4, 0.5) is 0 Å². The summed E-state index contributed by atoms with van der Waals surface area (Å²) in [6, 6.07) is 15.2. The molecule has 0 amide bonds. The summed E-state index contributed by atoms with van der Waals surface area (Å²) in [4.78, 5) is 23.7. The molecule has 0 aromatic heterocycles. The number of rotatable bonds is 10. The predicted molar refractivity (Wildman–Crippen MR) is 126 cm³/mol. The van der Waals surface area contributed by atoms with E-state index in [2.05, 4.69) is 5.32 Å². The van der Waals surface area contributed by atoms with Crippen molar-refractivity contribution in [3.05, 3.63) is 59.7 Å². The lowest BCUT2D eigenvalue weighted by atomic mass is 9.85. The number of carboxylic acid groups (broad SMARTS) is 2. The summed E-state index contributed by atoms with van der Waals surface area (Å²) < 4.78 is 6.09. The molecule has 0 bridgehead atoms. The topological polar surface area (TPSA) is 95.9 Å². The predicted octanol–water partition coefficient (Wildman–Crippen LogP) is 4.77. The molecule has 2 fully saturated rings. The Morgan fingerprint density at radius 2 is 1.39 bits per heavy atom. The zero-order valence-corrected chi connectivity index (χ0v) is 18.9. The monoisotopic (exact) mass is 451 g/mol. The van der Waals surface area contributed by atoms with E-state index in [1.807, 2.05) is 48.5 Å². The maximum atomic E-state index is 11.9. The van der Waals surface area contributed by atoms with Crippen molar-refractivity contribution in [1.82, 2.24) is 5.32 Å². The molecule has 1 saturated heterocycles. The summed E-state index contributed by atoms with van der Waals surface area (Å²) in [5, 5.41) is 22.7. The van der Waals surface area contributed by atoms with Crippen LogP contribution in [-0.2, 0) is 22.4 Å². The Balaban J connectivity index is 1.43. The van der Waals surface area contributed by atoms with Gasteiger partial charge in [-0.25, -0.2) is 0 Å². The van der Waals surface area contributed by atoms with Crippen LogP contribution in [0, 0.1) is 23.7 Å². The molecule has 2 aliphatic rings. The third-order valence-electron chi connectivity index (χ3n) is 7.21. The second-order valence-electron chi connectivity index (χ2n) is 9.49. The Morgan fingerprint density at radius 3 is 1.88 bits per heavy atom. The van der Waals surface area contributed by atoms with Crippen LogP contribution in [0.15, 0.2) is 48.5 Å². The van der Waals surface area contributed by atoms with Crippen LogP contribution in [0.25, 0.3) is 0 Å². The summed E-state index contributed by atoms with van der Waals surface area (Å²) >= 11 is 0. The minimum Gasteiger partial charge on any atom is -0.481 e. The van der Waals surface area contributed by atoms with Gasteiger partial charge in [-0.1, -0.05) is 37.1 Å². The van der Waals surface area contributed by atoms with Gasteiger partial charge in [-0.2, -0.15) is 0 Å².